The maximum atomic E-state index is 4.75. The summed E-state index contributed by atoms with van der Waals surface area (Å²) in [5.41, 5.74) is 1.55. The molecular weight excluding hydrogens is 246 g/mol. The quantitative estimate of drug-likeness (QED) is 0.876. The van der Waals surface area contributed by atoms with E-state index in [1.54, 1.807) is 0 Å². The molecule has 0 aromatic carbocycles. The molecule has 1 aromatic rings. The van der Waals surface area contributed by atoms with Crippen molar-refractivity contribution >= 4 is 0 Å². The van der Waals surface area contributed by atoms with Crippen molar-refractivity contribution in [2.24, 2.45) is 11.3 Å². The number of nitrogens with one attached hydrogen (secondary N) is 1. The SMILES string of the molecule is CC(CNCc1ccn(C2CCCCC2)n1)C(C)(C)C. The van der Waals surface area contributed by atoms with Gasteiger partial charge in [0, 0.05) is 12.7 Å². The summed E-state index contributed by atoms with van der Waals surface area (Å²) in [5, 5.41) is 8.30. The second-order valence-electron chi connectivity index (χ2n) is 7.48. The predicted octanol–water partition coefficient (Wildman–Crippen LogP) is 4.16. The lowest BCUT2D eigenvalue weighted by molar-refractivity contribution is 0.252. The summed E-state index contributed by atoms with van der Waals surface area (Å²) in [4.78, 5) is 0. The van der Waals surface area contributed by atoms with E-state index in [-0.39, 0.29) is 0 Å². The minimum absolute atomic E-state index is 0.370. The molecule has 1 unspecified atom stereocenters. The van der Waals surface area contributed by atoms with Crippen LogP contribution in [-0.2, 0) is 6.54 Å². The normalized spacial score (nSPS) is 19.2. The van der Waals surface area contributed by atoms with Gasteiger partial charge in [-0.05, 0) is 36.8 Å². The van der Waals surface area contributed by atoms with Gasteiger partial charge in [-0.1, -0.05) is 47.0 Å². The zero-order chi connectivity index (χ0) is 14.6. The summed E-state index contributed by atoms with van der Waals surface area (Å²) in [7, 11) is 0. The lowest BCUT2D eigenvalue weighted by Gasteiger charge is -2.27. The van der Waals surface area contributed by atoms with Gasteiger partial charge in [0.25, 0.3) is 0 Å². The molecule has 1 aromatic heterocycles. The highest BCUT2D eigenvalue weighted by Gasteiger charge is 2.19. The zero-order valence-electron chi connectivity index (χ0n) is 13.7. The van der Waals surface area contributed by atoms with Crippen LogP contribution in [0.25, 0.3) is 0 Å². The Kier molecular flexibility index (Phi) is 5.25. The van der Waals surface area contributed by atoms with Crippen molar-refractivity contribution in [1.82, 2.24) is 15.1 Å². The van der Waals surface area contributed by atoms with Gasteiger partial charge in [0.15, 0.2) is 0 Å². The van der Waals surface area contributed by atoms with E-state index in [1.165, 1.54) is 37.8 Å². The number of nitrogens with zero attached hydrogens (tertiary/aromatic N) is 2. The van der Waals surface area contributed by atoms with Gasteiger partial charge in [-0.25, -0.2) is 0 Å². The highest BCUT2D eigenvalue weighted by atomic mass is 15.3. The van der Waals surface area contributed by atoms with Crippen LogP contribution in [0.5, 0.6) is 0 Å². The molecule has 3 heteroatoms. The minimum Gasteiger partial charge on any atom is -0.311 e. The van der Waals surface area contributed by atoms with Crippen molar-refractivity contribution in [1.29, 1.82) is 0 Å². The monoisotopic (exact) mass is 277 g/mol. The van der Waals surface area contributed by atoms with Gasteiger partial charge in [-0.15, -0.1) is 0 Å². The van der Waals surface area contributed by atoms with Crippen molar-refractivity contribution < 1.29 is 0 Å². The molecule has 2 rings (SSSR count). The van der Waals surface area contributed by atoms with Crippen molar-refractivity contribution in [3.8, 4) is 0 Å². The van der Waals surface area contributed by atoms with Gasteiger partial charge in [-0.3, -0.25) is 4.68 Å². The van der Waals surface area contributed by atoms with E-state index in [1.807, 2.05) is 0 Å². The molecule has 1 atom stereocenters. The molecule has 1 N–H and O–H groups in total. The van der Waals surface area contributed by atoms with Crippen molar-refractivity contribution in [2.75, 3.05) is 6.54 Å². The lowest BCUT2D eigenvalue weighted by Crippen LogP contribution is -2.29. The zero-order valence-corrected chi connectivity index (χ0v) is 13.7. The van der Waals surface area contributed by atoms with E-state index in [4.69, 9.17) is 5.10 Å². The predicted molar refractivity (Wildman–Crippen MR) is 84.7 cm³/mol. The van der Waals surface area contributed by atoms with E-state index in [0.29, 0.717) is 17.4 Å². The van der Waals surface area contributed by atoms with Crippen LogP contribution < -0.4 is 5.32 Å². The van der Waals surface area contributed by atoms with Crippen LogP contribution in [0.2, 0.25) is 0 Å². The topological polar surface area (TPSA) is 29.9 Å². The Hall–Kier alpha value is -0.830. The maximum absolute atomic E-state index is 4.75. The molecule has 0 aliphatic heterocycles. The Morgan fingerprint density at radius 1 is 1.30 bits per heavy atom. The summed E-state index contributed by atoms with van der Waals surface area (Å²) in [5.74, 6) is 0.669. The number of aromatic nitrogens is 2. The minimum atomic E-state index is 0.370. The Bertz CT molecular complexity index is 397. The Balaban J connectivity index is 1.78. The summed E-state index contributed by atoms with van der Waals surface area (Å²) in [6.07, 6.45) is 8.89. The van der Waals surface area contributed by atoms with Crippen LogP contribution in [0.3, 0.4) is 0 Å². The molecular formula is C17H31N3. The lowest BCUT2D eigenvalue weighted by atomic mass is 9.82. The van der Waals surface area contributed by atoms with Crippen molar-refractivity contribution in [3.63, 3.8) is 0 Å². The van der Waals surface area contributed by atoms with Crippen LogP contribution in [0.15, 0.2) is 12.3 Å². The number of hydrogen-bond donors (Lipinski definition) is 1. The average Bonchev–Trinajstić information content (AvgIpc) is 2.87. The first-order valence-electron chi connectivity index (χ1n) is 8.21. The molecule has 1 fully saturated rings. The Morgan fingerprint density at radius 2 is 2.00 bits per heavy atom. The van der Waals surface area contributed by atoms with Gasteiger partial charge >= 0.3 is 0 Å². The molecule has 1 saturated carbocycles. The summed E-state index contributed by atoms with van der Waals surface area (Å²) in [6.45, 7) is 11.2. The molecule has 3 nitrogen and oxygen atoms in total. The van der Waals surface area contributed by atoms with E-state index in [9.17, 15) is 0 Å². The fraction of sp³-hybridized carbons (Fsp3) is 0.824. The van der Waals surface area contributed by atoms with Gasteiger partial charge in [0.1, 0.15) is 0 Å². The molecule has 0 bridgehead atoms. The van der Waals surface area contributed by atoms with Crippen LogP contribution in [-0.4, -0.2) is 16.3 Å². The standard InChI is InChI=1S/C17H31N3/c1-14(17(2,3)4)12-18-13-15-10-11-20(19-15)16-8-6-5-7-9-16/h10-11,14,16,18H,5-9,12-13H2,1-4H3. The van der Waals surface area contributed by atoms with Crippen LogP contribution in [0, 0.1) is 11.3 Å². The van der Waals surface area contributed by atoms with E-state index >= 15 is 0 Å². The molecule has 0 spiro atoms. The second kappa shape index (κ2) is 6.75. The van der Waals surface area contributed by atoms with E-state index < -0.39 is 0 Å². The molecule has 0 radical (unpaired) electrons. The second-order valence-corrected chi connectivity index (χ2v) is 7.48. The number of rotatable bonds is 5. The largest absolute Gasteiger partial charge is 0.311 e. The van der Waals surface area contributed by atoms with Crippen molar-refractivity contribution in [2.45, 2.75) is 72.4 Å². The van der Waals surface area contributed by atoms with Crippen LogP contribution >= 0.6 is 0 Å². The molecule has 114 valence electrons. The third-order valence-electron chi connectivity index (χ3n) is 4.85. The van der Waals surface area contributed by atoms with E-state index in [2.05, 4.69) is 50.0 Å². The third-order valence-corrected chi connectivity index (χ3v) is 4.85. The van der Waals surface area contributed by atoms with Gasteiger partial charge < -0.3 is 5.32 Å². The fourth-order valence-corrected chi connectivity index (χ4v) is 2.74. The first-order chi connectivity index (χ1) is 9.47. The van der Waals surface area contributed by atoms with Gasteiger partial charge in [0.2, 0.25) is 0 Å². The highest BCUT2D eigenvalue weighted by Crippen LogP contribution is 2.27. The van der Waals surface area contributed by atoms with E-state index in [0.717, 1.165) is 13.1 Å². The third kappa shape index (κ3) is 4.34. The Morgan fingerprint density at radius 3 is 2.65 bits per heavy atom. The molecule has 20 heavy (non-hydrogen) atoms. The Labute approximate surface area is 124 Å². The number of hydrogen-bond acceptors (Lipinski definition) is 2. The van der Waals surface area contributed by atoms with Gasteiger partial charge in [0.05, 0.1) is 11.7 Å². The molecule has 1 aliphatic carbocycles. The first kappa shape index (κ1) is 15.6. The van der Waals surface area contributed by atoms with Crippen molar-refractivity contribution in [3.05, 3.63) is 18.0 Å². The summed E-state index contributed by atoms with van der Waals surface area (Å²) in [6, 6.07) is 2.81. The average molecular weight is 277 g/mol. The molecule has 1 aliphatic rings. The van der Waals surface area contributed by atoms with Crippen LogP contribution in [0.1, 0.15) is 71.5 Å². The fourth-order valence-electron chi connectivity index (χ4n) is 2.74. The van der Waals surface area contributed by atoms with Crippen LogP contribution in [0.4, 0.5) is 0 Å². The first-order valence-corrected chi connectivity index (χ1v) is 8.21. The maximum Gasteiger partial charge on any atom is 0.0762 e. The summed E-state index contributed by atoms with van der Waals surface area (Å²) < 4.78 is 2.20. The molecule has 1 heterocycles. The molecule has 0 amide bonds. The smallest absolute Gasteiger partial charge is 0.0762 e. The molecule has 0 saturated heterocycles. The summed E-state index contributed by atoms with van der Waals surface area (Å²) >= 11 is 0. The van der Waals surface area contributed by atoms with Gasteiger partial charge in [-0.2, -0.15) is 5.10 Å². The highest BCUT2D eigenvalue weighted by molar-refractivity contribution is 4.99.